The zero-order valence-corrected chi connectivity index (χ0v) is 13.3. The lowest BCUT2D eigenvalue weighted by Gasteiger charge is -2.25. The van der Waals surface area contributed by atoms with Crippen LogP contribution in [0.25, 0.3) is 0 Å². The summed E-state index contributed by atoms with van der Waals surface area (Å²) in [6.07, 6.45) is 0.884. The number of carbonyl (C=O) groups excluding carboxylic acids is 1. The first-order valence-electron chi connectivity index (χ1n) is 7.15. The molecule has 0 aliphatic carbocycles. The summed E-state index contributed by atoms with van der Waals surface area (Å²) in [5, 5.41) is 11.9. The van der Waals surface area contributed by atoms with Gasteiger partial charge in [-0.1, -0.05) is 13.8 Å². The molecule has 0 spiro atoms. The summed E-state index contributed by atoms with van der Waals surface area (Å²) in [5.41, 5.74) is 0. The minimum atomic E-state index is -0.831. The average Bonchev–Trinajstić information content (AvgIpc) is 2.35. The Balaban J connectivity index is 4.43. The van der Waals surface area contributed by atoms with Crippen LogP contribution < -0.4 is 5.32 Å². The summed E-state index contributed by atoms with van der Waals surface area (Å²) in [5.74, 6) is -1.36. The number of hydrogen-bond donors (Lipinski definition) is 2. The number of aliphatic carboxylic acids is 1. The van der Waals surface area contributed by atoms with Crippen molar-refractivity contribution in [3.05, 3.63) is 0 Å². The second-order valence-electron chi connectivity index (χ2n) is 5.65. The maximum Gasteiger partial charge on any atom is 0.307 e. The third kappa shape index (κ3) is 8.87. The molecule has 0 saturated heterocycles. The van der Waals surface area contributed by atoms with Crippen LogP contribution in [0, 0.1) is 5.92 Å². The molecule has 2 N–H and O–H groups in total. The highest BCUT2D eigenvalue weighted by molar-refractivity contribution is 5.78. The lowest BCUT2D eigenvalue weighted by molar-refractivity contribution is -0.142. The molecular weight excluding hydrogens is 258 g/mol. The van der Waals surface area contributed by atoms with Gasteiger partial charge >= 0.3 is 5.97 Å². The molecule has 0 rings (SSSR count). The Kier molecular flexibility index (Phi) is 9.16. The molecule has 0 heterocycles. The molecule has 118 valence electrons. The quantitative estimate of drug-likeness (QED) is 0.611. The molecule has 0 aliphatic heterocycles. The van der Waals surface area contributed by atoms with Crippen molar-refractivity contribution in [2.75, 3.05) is 40.3 Å². The fourth-order valence-electron chi connectivity index (χ4n) is 1.67. The molecular formula is C14H29N3O3. The number of nitrogens with zero attached hydrogens (tertiary/aromatic N) is 2. The number of carbonyl (C=O) groups is 2. The minimum absolute atomic E-state index is 0.0457. The van der Waals surface area contributed by atoms with Gasteiger partial charge in [-0.25, -0.2) is 0 Å². The molecule has 2 atom stereocenters. The van der Waals surface area contributed by atoms with Crippen LogP contribution in [0.3, 0.4) is 0 Å². The third-order valence-corrected chi connectivity index (χ3v) is 3.20. The average molecular weight is 287 g/mol. The number of amides is 1. The van der Waals surface area contributed by atoms with Gasteiger partial charge in [0, 0.05) is 25.7 Å². The monoisotopic (exact) mass is 287 g/mol. The van der Waals surface area contributed by atoms with Gasteiger partial charge in [0.05, 0.1) is 12.5 Å². The van der Waals surface area contributed by atoms with Crippen molar-refractivity contribution in [2.45, 2.75) is 33.2 Å². The highest BCUT2D eigenvalue weighted by atomic mass is 16.4. The maximum absolute atomic E-state index is 11.9. The number of hydrogen-bond acceptors (Lipinski definition) is 4. The highest BCUT2D eigenvalue weighted by Crippen LogP contribution is 2.01. The SMILES string of the molecule is CCC(C)NC(=O)CN(CCN(C)C)CC(C)C(=O)O. The predicted molar refractivity (Wildman–Crippen MR) is 79.7 cm³/mol. The van der Waals surface area contributed by atoms with Crippen molar-refractivity contribution in [2.24, 2.45) is 5.92 Å². The van der Waals surface area contributed by atoms with Crippen LogP contribution in [0.15, 0.2) is 0 Å². The Bertz CT molecular complexity index is 308. The van der Waals surface area contributed by atoms with E-state index in [4.69, 9.17) is 5.11 Å². The van der Waals surface area contributed by atoms with Crippen LogP contribution >= 0.6 is 0 Å². The molecule has 0 radical (unpaired) electrons. The normalized spacial score (nSPS) is 14.3. The van der Waals surface area contributed by atoms with Gasteiger partial charge in [0.15, 0.2) is 0 Å². The Morgan fingerprint density at radius 1 is 1.20 bits per heavy atom. The smallest absolute Gasteiger partial charge is 0.307 e. The van der Waals surface area contributed by atoms with Gasteiger partial charge in [0.25, 0.3) is 0 Å². The van der Waals surface area contributed by atoms with Crippen LogP contribution in [0.5, 0.6) is 0 Å². The fourth-order valence-corrected chi connectivity index (χ4v) is 1.67. The molecule has 2 unspecified atom stereocenters. The zero-order chi connectivity index (χ0) is 15.7. The van der Waals surface area contributed by atoms with Gasteiger partial charge in [-0.05, 0) is 27.4 Å². The van der Waals surface area contributed by atoms with Crippen molar-refractivity contribution in [3.63, 3.8) is 0 Å². The molecule has 0 bridgehead atoms. The summed E-state index contributed by atoms with van der Waals surface area (Å²) in [6.45, 7) is 7.75. The topological polar surface area (TPSA) is 72.9 Å². The van der Waals surface area contributed by atoms with Crippen molar-refractivity contribution < 1.29 is 14.7 Å². The van der Waals surface area contributed by atoms with E-state index in [2.05, 4.69) is 5.32 Å². The van der Waals surface area contributed by atoms with Gasteiger partial charge in [0.1, 0.15) is 0 Å². The van der Waals surface area contributed by atoms with Gasteiger partial charge in [-0.2, -0.15) is 0 Å². The van der Waals surface area contributed by atoms with Crippen LogP contribution in [-0.2, 0) is 9.59 Å². The first-order valence-corrected chi connectivity index (χ1v) is 7.15. The molecule has 0 aromatic heterocycles. The Hall–Kier alpha value is -1.14. The molecule has 20 heavy (non-hydrogen) atoms. The van der Waals surface area contributed by atoms with E-state index in [1.807, 2.05) is 37.7 Å². The van der Waals surface area contributed by atoms with Gasteiger partial charge < -0.3 is 15.3 Å². The first kappa shape index (κ1) is 18.9. The molecule has 0 saturated carbocycles. The second kappa shape index (κ2) is 9.72. The van der Waals surface area contributed by atoms with E-state index in [1.54, 1.807) is 6.92 Å². The fraction of sp³-hybridized carbons (Fsp3) is 0.857. The maximum atomic E-state index is 11.9. The summed E-state index contributed by atoms with van der Waals surface area (Å²) in [6, 6.07) is 0.148. The van der Waals surface area contributed by atoms with E-state index in [0.29, 0.717) is 13.1 Å². The number of nitrogens with one attached hydrogen (secondary N) is 1. The molecule has 6 nitrogen and oxygen atoms in total. The Labute approximate surface area is 122 Å². The van der Waals surface area contributed by atoms with Gasteiger partial charge in [-0.15, -0.1) is 0 Å². The van der Waals surface area contributed by atoms with Crippen LogP contribution in [0.1, 0.15) is 27.2 Å². The Morgan fingerprint density at radius 3 is 2.25 bits per heavy atom. The molecule has 6 heteroatoms. The standard InChI is InChI=1S/C14H29N3O3/c1-6-12(3)15-13(18)10-17(8-7-16(4)5)9-11(2)14(19)20/h11-12H,6-10H2,1-5H3,(H,15,18)(H,19,20). The van der Waals surface area contributed by atoms with Crippen LogP contribution in [0.2, 0.25) is 0 Å². The van der Waals surface area contributed by atoms with Crippen LogP contribution in [-0.4, -0.2) is 73.1 Å². The van der Waals surface area contributed by atoms with E-state index >= 15 is 0 Å². The number of rotatable bonds is 10. The van der Waals surface area contributed by atoms with E-state index < -0.39 is 11.9 Å². The van der Waals surface area contributed by atoms with Gasteiger partial charge in [0.2, 0.25) is 5.91 Å². The van der Waals surface area contributed by atoms with Crippen molar-refractivity contribution in [1.29, 1.82) is 0 Å². The van der Waals surface area contributed by atoms with E-state index in [-0.39, 0.29) is 18.5 Å². The summed E-state index contributed by atoms with van der Waals surface area (Å²) < 4.78 is 0. The summed E-state index contributed by atoms with van der Waals surface area (Å²) >= 11 is 0. The Morgan fingerprint density at radius 2 is 1.80 bits per heavy atom. The summed E-state index contributed by atoms with van der Waals surface area (Å²) in [4.78, 5) is 26.8. The lowest BCUT2D eigenvalue weighted by Crippen LogP contribution is -2.45. The zero-order valence-electron chi connectivity index (χ0n) is 13.3. The second-order valence-corrected chi connectivity index (χ2v) is 5.65. The summed E-state index contributed by atoms with van der Waals surface area (Å²) in [7, 11) is 3.91. The van der Waals surface area contributed by atoms with E-state index in [0.717, 1.165) is 13.0 Å². The van der Waals surface area contributed by atoms with Gasteiger partial charge in [-0.3, -0.25) is 14.5 Å². The third-order valence-electron chi connectivity index (χ3n) is 3.20. The number of carboxylic acid groups (broad SMARTS) is 1. The largest absolute Gasteiger partial charge is 0.481 e. The molecule has 0 aromatic rings. The van der Waals surface area contributed by atoms with Crippen molar-refractivity contribution in [3.8, 4) is 0 Å². The van der Waals surface area contributed by atoms with Crippen molar-refractivity contribution >= 4 is 11.9 Å². The highest BCUT2D eigenvalue weighted by Gasteiger charge is 2.19. The van der Waals surface area contributed by atoms with E-state index in [1.165, 1.54) is 0 Å². The number of carboxylic acids is 1. The minimum Gasteiger partial charge on any atom is -0.481 e. The number of likely N-dealkylation sites (N-methyl/N-ethyl adjacent to an activating group) is 1. The molecule has 1 amide bonds. The molecule has 0 aliphatic rings. The first-order chi connectivity index (χ1) is 9.26. The lowest BCUT2D eigenvalue weighted by atomic mass is 10.1. The molecule has 0 aromatic carbocycles. The van der Waals surface area contributed by atoms with Crippen molar-refractivity contribution in [1.82, 2.24) is 15.1 Å². The van der Waals surface area contributed by atoms with E-state index in [9.17, 15) is 9.59 Å². The molecule has 0 fully saturated rings. The predicted octanol–water partition coefficient (Wildman–Crippen LogP) is 0.485. The van der Waals surface area contributed by atoms with Crippen LogP contribution in [0.4, 0.5) is 0 Å².